The van der Waals surface area contributed by atoms with Gasteiger partial charge in [-0.1, -0.05) is 24.3 Å². The van der Waals surface area contributed by atoms with Gasteiger partial charge in [-0.2, -0.15) is 5.10 Å². The molecule has 1 unspecified atom stereocenters. The number of anilines is 1. The first-order valence-corrected chi connectivity index (χ1v) is 12.2. The minimum atomic E-state index is -0.394. The number of hydrogen-bond acceptors (Lipinski definition) is 6. The van der Waals surface area contributed by atoms with Gasteiger partial charge in [0.25, 0.3) is 5.91 Å². The number of nitrogens with zero attached hydrogens (tertiary/aromatic N) is 2. The van der Waals surface area contributed by atoms with Gasteiger partial charge in [0.1, 0.15) is 5.75 Å². The Hall–Kier alpha value is -4.26. The van der Waals surface area contributed by atoms with E-state index in [9.17, 15) is 4.79 Å². The summed E-state index contributed by atoms with van der Waals surface area (Å²) in [4.78, 5) is 14.7. The Morgan fingerprint density at radius 1 is 0.973 bits per heavy atom. The van der Waals surface area contributed by atoms with E-state index in [-0.39, 0.29) is 5.91 Å². The van der Waals surface area contributed by atoms with Gasteiger partial charge < -0.3 is 19.1 Å². The molecule has 3 aromatic rings. The lowest BCUT2D eigenvalue weighted by Gasteiger charge is -2.30. The number of nitrogens with one attached hydrogen (secondary N) is 1. The maximum absolute atomic E-state index is 12.4. The molecule has 0 spiro atoms. The fourth-order valence-electron chi connectivity index (χ4n) is 4.94. The number of amides is 1. The van der Waals surface area contributed by atoms with Crippen molar-refractivity contribution in [2.45, 2.75) is 25.7 Å². The zero-order chi connectivity index (χ0) is 26.4. The first-order valence-electron chi connectivity index (χ1n) is 12.2. The molecule has 1 atom stereocenters. The molecule has 1 aliphatic rings. The Labute approximate surface area is 218 Å². The largest absolute Gasteiger partial charge is 0.497 e. The van der Waals surface area contributed by atoms with Crippen LogP contribution in [0.25, 0.3) is 0 Å². The molecular formula is C30H33N3O4. The highest BCUT2D eigenvalue weighted by Crippen LogP contribution is 2.51. The molecule has 0 aliphatic carbocycles. The van der Waals surface area contributed by atoms with E-state index in [1.54, 1.807) is 39.7 Å². The third kappa shape index (κ3) is 5.16. The molecule has 37 heavy (non-hydrogen) atoms. The van der Waals surface area contributed by atoms with Crippen molar-refractivity contribution < 1.29 is 19.0 Å². The van der Waals surface area contributed by atoms with Crippen molar-refractivity contribution in [2.75, 3.05) is 32.8 Å². The summed E-state index contributed by atoms with van der Waals surface area (Å²) in [5, 5.41) is 4.21. The van der Waals surface area contributed by atoms with E-state index in [2.05, 4.69) is 47.5 Å². The minimum Gasteiger partial charge on any atom is -0.497 e. The zero-order valence-corrected chi connectivity index (χ0v) is 21.9. The number of ether oxygens (including phenoxy) is 3. The third-order valence-electron chi connectivity index (χ3n) is 6.78. The fraction of sp³-hybridized carbons (Fsp3) is 0.267. The van der Waals surface area contributed by atoms with Crippen LogP contribution in [-0.2, 0) is 11.8 Å². The molecule has 0 aromatic heterocycles. The average molecular weight is 500 g/mol. The van der Waals surface area contributed by atoms with Gasteiger partial charge in [-0.25, -0.2) is 5.43 Å². The standard InChI is InChI=1S/C30H33N3O4/c1-6-33-25-14-13-23(35-3)19-24(25)30(2,20-21-12-15-26(36-4)27(18-21)37-5)28(33)16-17-31-32-29(34)22-10-8-7-9-11-22/h7-19H,6,20H2,1-5H3,(H,32,34)/b28-16-,31-17+. The first kappa shape index (κ1) is 25.8. The summed E-state index contributed by atoms with van der Waals surface area (Å²) in [5.41, 5.74) is 7.25. The number of fused-ring (bicyclic) bond motifs is 1. The molecule has 1 aliphatic heterocycles. The molecule has 7 nitrogen and oxygen atoms in total. The highest BCUT2D eigenvalue weighted by atomic mass is 16.5. The predicted molar refractivity (Wildman–Crippen MR) is 147 cm³/mol. The van der Waals surface area contributed by atoms with E-state index < -0.39 is 5.41 Å². The molecule has 1 N–H and O–H groups in total. The van der Waals surface area contributed by atoms with Crippen molar-refractivity contribution in [3.05, 3.63) is 95.2 Å². The van der Waals surface area contributed by atoms with E-state index in [1.807, 2.05) is 42.5 Å². The van der Waals surface area contributed by atoms with Gasteiger partial charge in [-0.05, 0) is 79.9 Å². The second-order valence-electron chi connectivity index (χ2n) is 8.96. The second-order valence-corrected chi connectivity index (χ2v) is 8.96. The van der Waals surface area contributed by atoms with Crippen molar-refractivity contribution in [1.29, 1.82) is 0 Å². The molecular weight excluding hydrogens is 466 g/mol. The second kappa shape index (κ2) is 11.2. The van der Waals surface area contributed by atoms with Crippen LogP contribution in [0.3, 0.4) is 0 Å². The number of carbonyl (C=O) groups excluding carboxylic acids is 1. The molecule has 7 heteroatoms. The maximum Gasteiger partial charge on any atom is 0.271 e. The van der Waals surface area contributed by atoms with E-state index in [0.717, 1.165) is 34.8 Å². The van der Waals surface area contributed by atoms with E-state index in [4.69, 9.17) is 14.2 Å². The smallest absolute Gasteiger partial charge is 0.271 e. The van der Waals surface area contributed by atoms with Crippen molar-refractivity contribution in [3.8, 4) is 17.2 Å². The molecule has 192 valence electrons. The van der Waals surface area contributed by atoms with Crippen molar-refractivity contribution in [1.82, 2.24) is 5.43 Å². The zero-order valence-electron chi connectivity index (χ0n) is 21.9. The van der Waals surface area contributed by atoms with Crippen LogP contribution >= 0.6 is 0 Å². The van der Waals surface area contributed by atoms with Gasteiger partial charge in [0.05, 0.1) is 21.3 Å². The van der Waals surface area contributed by atoms with E-state index in [1.165, 1.54) is 0 Å². The van der Waals surface area contributed by atoms with Gasteiger partial charge in [0.15, 0.2) is 11.5 Å². The summed E-state index contributed by atoms with van der Waals surface area (Å²) in [6.45, 7) is 5.12. The average Bonchev–Trinajstić information content (AvgIpc) is 3.17. The number of methoxy groups -OCH3 is 3. The summed E-state index contributed by atoms with van der Waals surface area (Å²) >= 11 is 0. The van der Waals surface area contributed by atoms with Crippen LogP contribution in [0.4, 0.5) is 5.69 Å². The van der Waals surface area contributed by atoms with Crippen molar-refractivity contribution in [2.24, 2.45) is 5.10 Å². The summed E-state index contributed by atoms with van der Waals surface area (Å²) in [5.74, 6) is 1.93. The molecule has 0 radical (unpaired) electrons. The topological polar surface area (TPSA) is 72.4 Å². The minimum absolute atomic E-state index is 0.255. The van der Waals surface area contributed by atoms with Crippen LogP contribution < -0.4 is 24.5 Å². The van der Waals surface area contributed by atoms with Gasteiger partial charge >= 0.3 is 0 Å². The summed E-state index contributed by atoms with van der Waals surface area (Å²) in [6.07, 6.45) is 4.33. The van der Waals surface area contributed by atoms with Gasteiger partial charge in [-0.3, -0.25) is 4.79 Å². The normalized spacial score (nSPS) is 17.6. The van der Waals surface area contributed by atoms with Crippen LogP contribution in [0.1, 0.15) is 35.3 Å². The Kier molecular flexibility index (Phi) is 7.82. The number of benzene rings is 3. The van der Waals surface area contributed by atoms with Crippen LogP contribution in [0.15, 0.2) is 83.6 Å². The van der Waals surface area contributed by atoms with Gasteiger partial charge in [-0.15, -0.1) is 0 Å². The van der Waals surface area contributed by atoms with Gasteiger partial charge in [0, 0.05) is 35.1 Å². The Morgan fingerprint density at radius 2 is 1.73 bits per heavy atom. The highest BCUT2D eigenvalue weighted by molar-refractivity contribution is 5.94. The Morgan fingerprint density at radius 3 is 2.41 bits per heavy atom. The summed E-state index contributed by atoms with van der Waals surface area (Å²) in [6, 6.07) is 21.2. The Bertz CT molecular complexity index is 1320. The SMILES string of the molecule is CCN1/C(=C\C=N\NC(=O)c2ccccc2)C(C)(Cc2ccc(OC)c(OC)c2)c2cc(OC)ccc21. The molecule has 0 fully saturated rings. The Balaban J connectivity index is 1.71. The monoisotopic (exact) mass is 499 g/mol. The number of hydrogen-bond donors (Lipinski definition) is 1. The highest BCUT2D eigenvalue weighted by Gasteiger charge is 2.43. The molecule has 4 rings (SSSR count). The molecule has 1 heterocycles. The lowest BCUT2D eigenvalue weighted by Crippen LogP contribution is -2.31. The molecule has 0 saturated carbocycles. The van der Waals surface area contributed by atoms with Crippen LogP contribution in [0.2, 0.25) is 0 Å². The quantitative estimate of drug-likeness (QED) is 0.317. The summed E-state index contributed by atoms with van der Waals surface area (Å²) < 4.78 is 16.6. The van der Waals surface area contributed by atoms with Crippen molar-refractivity contribution >= 4 is 17.8 Å². The van der Waals surface area contributed by atoms with Crippen LogP contribution in [0.5, 0.6) is 17.2 Å². The molecule has 0 bridgehead atoms. The number of rotatable bonds is 9. The predicted octanol–water partition coefficient (Wildman–Crippen LogP) is 5.35. The molecule has 0 saturated heterocycles. The first-order chi connectivity index (χ1) is 17.9. The van der Waals surface area contributed by atoms with E-state index >= 15 is 0 Å². The lowest BCUT2D eigenvalue weighted by atomic mass is 9.76. The lowest BCUT2D eigenvalue weighted by molar-refractivity contribution is 0.0955. The van der Waals surface area contributed by atoms with E-state index in [0.29, 0.717) is 23.5 Å². The van der Waals surface area contributed by atoms with Crippen LogP contribution in [-0.4, -0.2) is 40.0 Å². The van der Waals surface area contributed by atoms with Crippen LogP contribution in [0, 0.1) is 0 Å². The van der Waals surface area contributed by atoms with Crippen molar-refractivity contribution in [3.63, 3.8) is 0 Å². The third-order valence-corrected chi connectivity index (χ3v) is 6.78. The fourth-order valence-corrected chi connectivity index (χ4v) is 4.94. The maximum atomic E-state index is 12.4. The molecule has 1 amide bonds. The number of likely N-dealkylation sites (N-methyl/N-ethyl adjacent to an activating group) is 1. The molecule has 3 aromatic carbocycles. The number of allylic oxidation sites excluding steroid dienone is 2. The van der Waals surface area contributed by atoms with Gasteiger partial charge in [0.2, 0.25) is 0 Å². The number of carbonyl (C=O) groups is 1. The number of hydrazone groups is 1. The summed E-state index contributed by atoms with van der Waals surface area (Å²) in [7, 11) is 4.95.